The van der Waals surface area contributed by atoms with Gasteiger partial charge in [-0.15, -0.1) is 0 Å². The van der Waals surface area contributed by atoms with Gasteiger partial charge in [-0.2, -0.15) is 0 Å². The molecule has 0 bridgehead atoms. The van der Waals surface area contributed by atoms with Gasteiger partial charge < -0.3 is 10.0 Å². The smallest absolute Gasteiger partial charge is 0.230 e. The molecule has 0 radical (unpaired) electrons. The van der Waals surface area contributed by atoms with Crippen molar-refractivity contribution in [2.75, 3.05) is 11.9 Å². The van der Waals surface area contributed by atoms with Crippen LogP contribution in [0.3, 0.4) is 0 Å². The van der Waals surface area contributed by atoms with Gasteiger partial charge in [0.1, 0.15) is 5.75 Å². The number of aromatic hydroxyl groups is 1. The average molecular weight is 205 g/mol. The molecule has 1 fully saturated rings. The summed E-state index contributed by atoms with van der Waals surface area (Å²) in [5, 5.41) is 9.14. The van der Waals surface area contributed by atoms with E-state index in [1.165, 1.54) is 0 Å². The van der Waals surface area contributed by atoms with E-state index in [-0.39, 0.29) is 17.6 Å². The molecule has 1 aliphatic carbocycles. The predicted molar refractivity (Wildman–Crippen MR) is 58.8 cm³/mol. The third-order valence-corrected chi connectivity index (χ3v) is 2.99. The van der Waals surface area contributed by atoms with Crippen molar-refractivity contribution in [3.63, 3.8) is 0 Å². The van der Waals surface area contributed by atoms with Crippen molar-refractivity contribution < 1.29 is 9.90 Å². The summed E-state index contributed by atoms with van der Waals surface area (Å²) in [6.45, 7) is 2.09. The van der Waals surface area contributed by atoms with Crippen LogP contribution in [0.5, 0.6) is 5.75 Å². The van der Waals surface area contributed by atoms with Crippen molar-refractivity contribution in [2.45, 2.75) is 13.3 Å². The van der Waals surface area contributed by atoms with Gasteiger partial charge in [-0.05, 0) is 36.6 Å². The average Bonchev–Trinajstić information content (AvgIpc) is 2.94. The Morgan fingerprint density at radius 1 is 1.40 bits per heavy atom. The number of hydrogen-bond donors (Lipinski definition) is 1. The summed E-state index contributed by atoms with van der Waals surface area (Å²) in [6, 6.07) is 6.69. The molecule has 0 saturated heterocycles. The first kappa shape index (κ1) is 10.0. The fourth-order valence-electron chi connectivity index (χ4n) is 1.72. The van der Waals surface area contributed by atoms with Crippen molar-refractivity contribution >= 4 is 11.6 Å². The topological polar surface area (TPSA) is 40.5 Å². The zero-order valence-corrected chi connectivity index (χ0v) is 8.97. The number of carbonyl (C=O) groups is 1. The molecular weight excluding hydrogens is 190 g/mol. The van der Waals surface area contributed by atoms with Crippen LogP contribution < -0.4 is 4.90 Å². The highest BCUT2D eigenvalue weighted by Crippen LogP contribution is 2.39. The minimum atomic E-state index is 0.174. The predicted octanol–water partition coefficient (Wildman–Crippen LogP) is 2.01. The van der Waals surface area contributed by atoms with E-state index in [9.17, 15) is 4.79 Å². The van der Waals surface area contributed by atoms with Crippen LogP contribution in [-0.4, -0.2) is 18.1 Å². The zero-order valence-electron chi connectivity index (χ0n) is 8.97. The van der Waals surface area contributed by atoms with Gasteiger partial charge in [0.2, 0.25) is 5.91 Å². The summed E-state index contributed by atoms with van der Waals surface area (Å²) >= 11 is 0. The lowest BCUT2D eigenvalue weighted by Gasteiger charge is -2.17. The summed E-state index contributed by atoms with van der Waals surface area (Å²) in [4.78, 5) is 13.5. The Kier molecular flexibility index (Phi) is 2.39. The SMILES string of the molecule is CC1CC1C(=O)N(C)c1ccc(O)cc1. The fraction of sp³-hybridized carbons (Fsp3) is 0.417. The quantitative estimate of drug-likeness (QED) is 0.802. The molecule has 1 N–H and O–H groups in total. The van der Waals surface area contributed by atoms with Crippen LogP contribution in [-0.2, 0) is 4.79 Å². The number of benzene rings is 1. The van der Waals surface area contributed by atoms with Gasteiger partial charge in [0.25, 0.3) is 0 Å². The molecule has 2 rings (SSSR count). The molecule has 15 heavy (non-hydrogen) atoms. The van der Waals surface area contributed by atoms with E-state index in [1.54, 1.807) is 36.2 Å². The van der Waals surface area contributed by atoms with Gasteiger partial charge in [-0.1, -0.05) is 6.92 Å². The maximum Gasteiger partial charge on any atom is 0.230 e. The molecule has 2 unspecified atom stereocenters. The molecule has 1 aromatic rings. The van der Waals surface area contributed by atoms with Crippen LogP contribution in [0.2, 0.25) is 0 Å². The van der Waals surface area contributed by atoms with Crippen LogP contribution in [0.25, 0.3) is 0 Å². The summed E-state index contributed by atoms with van der Waals surface area (Å²) in [5.41, 5.74) is 0.830. The molecule has 0 aromatic heterocycles. The van der Waals surface area contributed by atoms with Crippen LogP contribution in [0.15, 0.2) is 24.3 Å². The number of amides is 1. The second-order valence-electron chi connectivity index (χ2n) is 4.23. The summed E-state index contributed by atoms with van der Waals surface area (Å²) < 4.78 is 0. The van der Waals surface area contributed by atoms with Gasteiger partial charge in [0.15, 0.2) is 0 Å². The van der Waals surface area contributed by atoms with Gasteiger partial charge in [-0.3, -0.25) is 4.79 Å². The Labute approximate surface area is 89.3 Å². The molecule has 3 nitrogen and oxygen atoms in total. The number of phenols is 1. The fourth-order valence-corrected chi connectivity index (χ4v) is 1.72. The van der Waals surface area contributed by atoms with E-state index in [2.05, 4.69) is 6.92 Å². The molecule has 80 valence electrons. The number of nitrogens with zero attached hydrogens (tertiary/aromatic N) is 1. The number of anilines is 1. The standard InChI is InChI=1S/C12H15NO2/c1-8-7-11(8)12(15)13(2)9-3-5-10(14)6-4-9/h3-6,8,11,14H,7H2,1-2H3. The monoisotopic (exact) mass is 205 g/mol. The van der Waals surface area contributed by atoms with E-state index in [4.69, 9.17) is 5.11 Å². The largest absolute Gasteiger partial charge is 0.508 e. The van der Waals surface area contributed by atoms with Crippen molar-refractivity contribution in [1.29, 1.82) is 0 Å². The Bertz CT molecular complexity index is 372. The van der Waals surface area contributed by atoms with Gasteiger partial charge in [0, 0.05) is 18.7 Å². The van der Waals surface area contributed by atoms with E-state index < -0.39 is 0 Å². The van der Waals surface area contributed by atoms with Crippen molar-refractivity contribution in [3.8, 4) is 5.75 Å². The third-order valence-electron chi connectivity index (χ3n) is 2.99. The second-order valence-corrected chi connectivity index (χ2v) is 4.23. The Morgan fingerprint density at radius 2 is 1.93 bits per heavy atom. The first-order valence-electron chi connectivity index (χ1n) is 5.16. The first-order valence-corrected chi connectivity index (χ1v) is 5.16. The number of rotatable bonds is 2. The van der Waals surface area contributed by atoms with Crippen LogP contribution in [0, 0.1) is 11.8 Å². The Balaban J connectivity index is 2.10. The lowest BCUT2D eigenvalue weighted by atomic mass is 10.2. The highest BCUT2D eigenvalue weighted by molar-refractivity contribution is 5.96. The summed E-state index contributed by atoms with van der Waals surface area (Å²) in [5.74, 6) is 1.12. The van der Waals surface area contributed by atoms with Crippen LogP contribution in [0.4, 0.5) is 5.69 Å². The summed E-state index contributed by atoms with van der Waals surface area (Å²) in [6.07, 6.45) is 1.00. The summed E-state index contributed by atoms with van der Waals surface area (Å²) in [7, 11) is 1.78. The number of carbonyl (C=O) groups excluding carboxylic acids is 1. The maximum absolute atomic E-state index is 11.9. The van der Waals surface area contributed by atoms with Gasteiger partial charge in [0.05, 0.1) is 0 Å². The molecule has 0 spiro atoms. The van der Waals surface area contributed by atoms with E-state index >= 15 is 0 Å². The third kappa shape index (κ3) is 1.96. The molecule has 0 aliphatic heterocycles. The molecule has 1 saturated carbocycles. The number of phenolic OH excluding ortho intramolecular Hbond substituents is 1. The highest BCUT2D eigenvalue weighted by Gasteiger charge is 2.40. The van der Waals surface area contributed by atoms with E-state index in [1.807, 2.05) is 0 Å². The van der Waals surface area contributed by atoms with Crippen LogP contribution >= 0.6 is 0 Å². The molecule has 1 aliphatic rings. The molecule has 2 atom stereocenters. The first-order chi connectivity index (χ1) is 7.09. The molecular formula is C12H15NO2. The Hall–Kier alpha value is -1.51. The van der Waals surface area contributed by atoms with Crippen LogP contribution in [0.1, 0.15) is 13.3 Å². The lowest BCUT2D eigenvalue weighted by molar-refractivity contribution is -0.119. The second kappa shape index (κ2) is 3.57. The molecule has 1 aromatic carbocycles. The maximum atomic E-state index is 11.9. The van der Waals surface area contributed by atoms with Crippen molar-refractivity contribution in [2.24, 2.45) is 11.8 Å². The van der Waals surface area contributed by atoms with Gasteiger partial charge >= 0.3 is 0 Å². The molecule has 1 amide bonds. The van der Waals surface area contributed by atoms with Gasteiger partial charge in [-0.25, -0.2) is 0 Å². The zero-order chi connectivity index (χ0) is 11.0. The van der Waals surface area contributed by atoms with Crippen molar-refractivity contribution in [1.82, 2.24) is 0 Å². The molecule has 0 heterocycles. The Morgan fingerprint density at radius 3 is 2.40 bits per heavy atom. The number of hydrogen-bond acceptors (Lipinski definition) is 2. The normalized spacial score (nSPS) is 23.6. The minimum Gasteiger partial charge on any atom is -0.508 e. The highest BCUT2D eigenvalue weighted by atomic mass is 16.3. The van der Waals surface area contributed by atoms with E-state index in [0.29, 0.717) is 5.92 Å². The molecule has 3 heteroatoms. The lowest BCUT2D eigenvalue weighted by Crippen LogP contribution is -2.28. The van der Waals surface area contributed by atoms with E-state index in [0.717, 1.165) is 12.1 Å². The van der Waals surface area contributed by atoms with Crippen molar-refractivity contribution in [3.05, 3.63) is 24.3 Å². The minimum absolute atomic E-state index is 0.174.